The van der Waals surface area contributed by atoms with E-state index in [1.807, 2.05) is 19.9 Å². The third-order valence-corrected chi connectivity index (χ3v) is 6.76. The standard InChI is InChI=1S/C22H33N5O2/c1-4-9-23-17-14-7-8-15(17)13-16(12-14)19-24-18-20(25-19)26(10-5-2)22(29)27(11-6-3)21(18)28/h4,14-17,23H,1,5-13H2,2-3H3,(H,24,25). The van der Waals surface area contributed by atoms with E-state index in [0.29, 0.717) is 48.0 Å². The molecule has 0 spiro atoms. The lowest BCUT2D eigenvalue weighted by atomic mass is 9.77. The van der Waals surface area contributed by atoms with Gasteiger partial charge in [-0.2, -0.15) is 0 Å². The van der Waals surface area contributed by atoms with Gasteiger partial charge in [-0.25, -0.2) is 9.78 Å². The summed E-state index contributed by atoms with van der Waals surface area (Å²) in [5.74, 6) is 2.49. The molecule has 2 heterocycles. The van der Waals surface area contributed by atoms with Crippen LogP contribution in [0.3, 0.4) is 0 Å². The first-order chi connectivity index (χ1) is 14.1. The van der Waals surface area contributed by atoms with E-state index in [1.165, 1.54) is 17.4 Å². The van der Waals surface area contributed by atoms with Gasteiger partial charge < -0.3 is 10.3 Å². The van der Waals surface area contributed by atoms with E-state index in [-0.39, 0.29) is 11.2 Å². The molecule has 2 aromatic heterocycles. The van der Waals surface area contributed by atoms with Crippen molar-refractivity contribution < 1.29 is 0 Å². The molecule has 2 saturated carbocycles. The Morgan fingerprint density at radius 3 is 2.41 bits per heavy atom. The zero-order chi connectivity index (χ0) is 20.5. The predicted octanol–water partition coefficient (Wildman–Crippen LogP) is 2.75. The van der Waals surface area contributed by atoms with Gasteiger partial charge in [0.2, 0.25) is 0 Å². The number of aromatic nitrogens is 4. The molecule has 2 fully saturated rings. The van der Waals surface area contributed by atoms with Crippen LogP contribution in [0.15, 0.2) is 22.2 Å². The smallest absolute Gasteiger partial charge is 0.332 e. The lowest BCUT2D eigenvalue weighted by molar-refractivity contribution is 0.233. The van der Waals surface area contributed by atoms with E-state index >= 15 is 0 Å². The van der Waals surface area contributed by atoms with Crippen molar-refractivity contribution in [3.8, 4) is 0 Å². The van der Waals surface area contributed by atoms with Crippen LogP contribution >= 0.6 is 0 Å². The zero-order valence-corrected chi connectivity index (χ0v) is 17.6. The zero-order valence-electron chi connectivity index (χ0n) is 17.6. The van der Waals surface area contributed by atoms with Gasteiger partial charge in [0.05, 0.1) is 0 Å². The summed E-state index contributed by atoms with van der Waals surface area (Å²) in [6.45, 7) is 9.71. The normalized spacial score (nSPS) is 26.3. The molecule has 2 unspecified atom stereocenters. The summed E-state index contributed by atoms with van der Waals surface area (Å²) in [5, 5.41) is 3.65. The first-order valence-corrected chi connectivity index (χ1v) is 11.2. The van der Waals surface area contributed by atoms with Gasteiger partial charge in [-0.1, -0.05) is 19.9 Å². The molecule has 0 radical (unpaired) electrons. The Kier molecular flexibility index (Phi) is 5.76. The van der Waals surface area contributed by atoms with E-state index in [1.54, 1.807) is 4.57 Å². The summed E-state index contributed by atoms with van der Waals surface area (Å²) >= 11 is 0. The monoisotopic (exact) mass is 399 g/mol. The molecule has 2 atom stereocenters. The fraction of sp³-hybridized carbons (Fsp3) is 0.682. The molecular formula is C22H33N5O2. The minimum Gasteiger partial charge on any atom is -0.336 e. The van der Waals surface area contributed by atoms with Crippen molar-refractivity contribution in [3.05, 3.63) is 39.3 Å². The van der Waals surface area contributed by atoms with Gasteiger partial charge >= 0.3 is 5.69 Å². The van der Waals surface area contributed by atoms with Crippen molar-refractivity contribution in [1.29, 1.82) is 0 Å². The molecule has 2 aliphatic rings. The first-order valence-electron chi connectivity index (χ1n) is 11.2. The Hall–Kier alpha value is -2.15. The number of hydrogen-bond acceptors (Lipinski definition) is 4. The van der Waals surface area contributed by atoms with Crippen LogP contribution in [-0.2, 0) is 13.1 Å². The van der Waals surface area contributed by atoms with E-state index in [9.17, 15) is 9.59 Å². The summed E-state index contributed by atoms with van der Waals surface area (Å²) in [4.78, 5) is 34.0. The van der Waals surface area contributed by atoms with Gasteiger partial charge in [-0.3, -0.25) is 13.9 Å². The van der Waals surface area contributed by atoms with Crippen molar-refractivity contribution in [2.75, 3.05) is 6.54 Å². The van der Waals surface area contributed by atoms with E-state index in [4.69, 9.17) is 4.98 Å². The third kappa shape index (κ3) is 3.50. The summed E-state index contributed by atoms with van der Waals surface area (Å²) in [6, 6.07) is 0.564. The Morgan fingerprint density at radius 2 is 1.79 bits per heavy atom. The summed E-state index contributed by atoms with van der Waals surface area (Å²) in [6.07, 6.45) is 8.16. The number of nitrogens with one attached hydrogen (secondary N) is 2. The number of imidazole rings is 1. The molecule has 0 saturated heterocycles. The maximum Gasteiger partial charge on any atom is 0.332 e. The molecule has 0 aliphatic heterocycles. The number of aromatic amines is 1. The second kappa shape index (κ2) is 8.30. The summed E-state index contributed by atoms with van der Waals surface area (Å²) in [5.41, 5.74) is 0.549. The van der Waals surface area contributed by atoms with Gasteiger partial charge in [0, 0.05) is 31.6 Å². The lowest BCUT2D eigenvalue weighted by Gasteiger charge is -2.35. The highest BCUT2D eigenvalue weighted by Crippen LogP contribution is 2.48. The van der Waals surface area contributed by atoms with Crippen LogP contribution in [0.2, 0.25) is 0 Å². The Bertz CT molecular complexity index is 987. The molecule has 0 amide bonds. The Balaban J connectivity index is 1.70. The molecule has 2 N–H and O–H groups in total. The van der Waals surface area contributed by atoms with Crippen LogP contribution in [0.5, 0.6) is 0 Å². The van der Waals surface area contributed by atoms with Crippen molar-refractivity contribution in [1.82, 2.24) is 24.4 Å². The fourth-order valence-corrected chi connectivity index (χ4v) is 5.53. The molecule has 2 aliphatic carbocycles. The van der Waals surface area contributed by atoms with Gasteiger partial charge in [0.1, 0.15) is 11.3 Å². The van der Waals surface area contributed by atoms with E-state index in [2.05, 4.69) is 16.9 Å². The highest BCUT2D eigenvalue weighted by atomic mass is 16.2. The molecule has 7 heteroatoms. The fourth-order valence-electron chi connectivity index (χ4n) is 5.53. The van der Waals surface area contributed by atoms with Crippen molar-refractivity contribution in [3.63, 3.8) is 0 Å². The van der Waals surface area contributed by atoms with Crippen LogP contribution in [0.1, 0.15) is 64.1 Å². The maximum atomic E-state index is 13.0. The highest BCUT2D eigenvalue weighted by Gasteiger charge is 2.43. The average Bonchev–Trinajstić information content (AvgIpc) is 3.25. The number of H-pyrrole nitrogens is 1. The van der Waals surface area contributed by atoms with Gasteiger partial charge in [0.15, 0.2) is 5.65 Å². The molecule has 7 nitrogen and oxygen atoms in total. The molecule has 158 valence electrons. The topological polar surface area (TPSA) is 84.7 Å². The van der Waals surface area contributed by atoms with Gasteiger partial charge in [-0.15, -0.1) is 6.58 Å². The minimum absolute atomic E-state index is 0.234. The summed E-state index contributed by atoms with van der Waals surface area (Å²) in [7, 11) is 0. The van der Waals surface area contributed by atoms with Crippen LogP contribution in [0.25, 0.3) is 11.2 Å². The molecule has 4 rings (SSSR count). The quantitative estimate of drug-likeness (QED) is 0.669. The number of hydrogen-bond donors (Lipinski definition) is 2. The predicted molar refractivity (Wildman–Crippen MR) is 115 cm³/mol. The van der Waals surface area contributed by atoms with E-state index < -0.39 is 0 Å². The Morgan fingerprint density at radius 1 is 1.14 bits per heavy atom. The SMILES string of the molecule is C=CCNC1C2CCC1CC(c1nc3c([nH]1)c(=O)n(CCC)c(=O)n3CCC)C2. The third-order valence-electron chi connectivity index (χ3n) is 6.76. The van der Waals surface area contributed by atoms with Gasteiger partial charge in [0.25, 0.3) is 5.56 Å². The second-order valence-electron chi connectivity index (χ2n) is 8.70. The summed E-state index contributed by atoms with van der Waals surface area (Å²) < 4.78 is 3.04. The molecule has 2 bridgehead atoms. The van der Waals surface area contributed by atoms with Crippen molar-refractivity contribution in [2.45, 2.75) is 77.4 Å². The molecular weight excluding hydrogens is 366 g/mol. The van der Waals surface area contributed by atoms with Crippen molar-refractivity contribution in [2.24, 2.45) is 11.8 Å². The molecule has 2 aromatic rings. The Labute approximate surface area is 171 Å². The van der Waals surface area contributed by atoms with Crippen LogP contribution in [0, 0.1) is 11.8 Å². The second-order valence-corrected chi connectivity index (χ2v) is 8.70. The lowest BCUT2D eigenvalue weighted by Crippen LogP contribution is -2.41. The first kappa shape index (κ1) is 20.1. The maximum absolute atomic E-state index is 13.0. The molecule has 0 aromatic carbocycles. The molecule has 29 heavy (non-hydrogen) atoms. The number of rotatable bonds is 8. The van der Waals surface area contributed by atoms with Gasteiger partial charge in [-0.05, 0) is 50.4 Å². The highest BCUT2D eigenvalue weighted by molar-refractivity contribution is 5.70. The van der Waals surface area contributed by atoms with Crippen molar-refractivity contribution >= 4 is 11.2 Å². The van der Waals surface area contributed by atoms with E-state index in [0.717, 1.165) is 38.1 Å². The van der Waals surface area contributed by atoms with Crippen LogP contribution in [-0.4, -0.2) is 31.7 Å². The number of nitrogens with zero attached hydrogens (tertiary/aromatic N) is 3. The average molecular weight is 400 g/mol. The number of fused-ring (bicyclic) bond motifs is 3. The number of aryl methyl sites for hydroxylation is 1. The van der Waals surface area contributed by atoms with Crippen LogP contribution in [0.4, 0.5) is 0 Å². The largest absolute Gasteiger partial charge is 0.336 e. The van der Waals surface area contributed by atoms with Crippen LogP contribution < -0.4 is 16.6 Å². The minimum atomic E-state index is -0.235.